The Balaban J connectivity index is 1.75. The van der Waals surface area contributed by atoms with Crippen molar-refractivity contribution in [3.8, 4) is 5.69 Å². The Morgan fingerprint density at radius 2 is 1.23 bits per heavy atom. The number of hydrogen-bond acceptors (Lipinski definition) is 0. The summed E-state index contributed by atoms with van der Waals surface area (Å²) in [4.78, 5) is 4.11. The van der Waals surface area contributed by atoms with E-state index in [0.717, 1.165) is 27.8 Å². The predicted molar refractivity (Wildman–Crippen MR) is 121 cm³/mol. The fourth-order valence-electron chi connectivity index (χ4n) is 4.39. The van der Waals surface area contributed by atoms with E-state index in [2.05, 4.69) is 45.9 Å². The van der Waals surface area contributed by atoms with E-state index in [0.29, 0.717) is 15.9 Å². The van der Waals surface area contributed by atoms with Crippen LogP contribution >= 0.6 is 0 Å². The van der Waals surface area contributed by atoms with Gasteiger partial charge in [0.15, 0.2) is 0 Å². The van der Waals surface area contributed by atoms with Crippen LogP contribution in [0.3, 0.4) is 0 Å². The average Bonchev–Trinajstić information content (AvgIpc) is 3.08. The number of aryl methyl sites for hydroxylation is 1. The summed E-state index contributed by atoms with van der Waals surface area (Å²) in [7, 11) is 1.72. The number of rotatable bonds is 1. The number of aromatic nitrogens is 4. The van der Waals surface area contributed by atoms with Crippen LogP contribution in [0, 0.1) is 0 Å². The van der Waals surface area contributed by atoms with Gasteiger partial charge < -0.3 is 9.55 Å². The highest BCUT2D eigenvalue weighted by atomic mass is 19.2. The Bertz CT molecular complexity index is 1570. The maximum atomic E-state index is 15.2. The largest absolute Gasteiger partial charge is 0.352 e. The molecule has 0 aliphatic rings. The third-order valence-electron chi connectivity index (χ3n) is 5.80. The Labute approximate surface area is 171 Å². The number of aromatic amines is 1. The van der Waals surface area contributed by atoms with Crippen molar-refractivity contribution >= 4 is 43.9 Å². The van der Waals surface area contributed by atoms with E-state index in [9.17, 15) is 0 Å². The fraction of sp³-hybridized carbons (Fsp3) is 0.0400. The fourth-order valence-corrected chi connectivity index (χ4v) is 4.39. The zero-order chi connectivity index (χ0) is 20.2. The first-order valence-electron chi connectivity index (χ1n) is 9.90. The Hall–Kier alpha value is -3.99. The maximum Gasteiger partial charge on any atom is 0.117 e. The number of nitrogens with one attached hydrogen (secondary N) is 1. The topological polar surface area (TPSA) is 30.6 Å². The number of nitrogens with zero attached hydrogens (tertiary/aromatic N) is 3. The molecule has 0 atom stereocenters. The molecular weight excluding hydrogens is 375 g/mol. The molecule has 0 bridgehead atoms. The molecule has 0 unspecified atom stereocenters. The number of halogens is 1. The summed E-state index contributed by atoms with van der Waals surface area (Å²) >= 11 is 0. The summed E-state index contributed by atoms with van der Waals surface area (Å²) < 4.78 is 18.9. The minimum absolute atomic E-state index is 0.471. The zero-order valence-corrected chi connectivity index (χ0v) is 16.4. The third-order valence-corrected chi connectivity index (χ3v) is 5.80. The van der Waals surface area contributed by atoms with Crippen molar-refractivity contribution in [2.75, 3.05) is 0 Å². The molecule has 1 N–H and O–H groups in total. The highest BCUT2D eigenvalue weighted by Gasteiger charge is 2.12. The molecule has 6 rings (SSSR count). The molecule has 146 valence electrons. The van der Waals surface area contributed by atoms with Crippen molar-refractivity contribution in [2.45, 2.75) is 0 Å². The van der Waals surface area contributed by atoms with Crippen LogP contribution in [0.2, 0.25) is 0 Å². The first-order valence-corrected chi connectivity index (χ1v) is 9.90. The van der Waals surface area contributed by atoms with Crippen LogP contribution in [-0.4, -0.2) is 19.1 Å². The second-order valence-electron chi connectivity index (χ2n) is 7.50. The van der Waals surface area contributed by atoms with Gasteiger partial charge in [0.05, 0.1) is 27.6 Å². The molecule has 0 aliphatic carbocycles. The summed E-state index contributed by atoms with van der Waals surface area (Å²) in [5.74, 6) is 0. The van der Waals surface area contributed by atoms with Crippen molar-refractivity contribution < 1.29 is 4.48 Å². The molecule has 0 aliphatic heterocycles. The molecule has 0 spiro atoms. The molecule has 0 saturated heterocycles. The molecule has 4 aromatic carbocycles. The van der Waals surface area contributed by atoms with Gasteiger partial charge in [0.2, 0.25) is 0 Å². The second-order valence-corrected chi connectivity index (χ2v) is 7.50. The van der Waals surface area contributed by atoms with Gasteiger partial charge in [0.25, 0.3) is 0 Å². The number of hydrogen-bond donors (Lipinski definition) is 1. The summed E-state index contributed by atoms with van der Waals surface area (Å²) in [5.41, 5.74) is 6.06. The first-order chi connectivity index (χ1) is 14.7. The molecule has 5 heteroatoms. The minimum Gasteiger partial charge on any atom is -0.352 e. The number of fused-ring (bicyclic) bond motifs is 5. The molecule has 30 heavy (non-hydrogen) atoms. The molecule has 0 radical (unpaired) electrons. The quantitative estimate of drug-likeness (QED) is 0.334. The molecule has 2 heterocycles. The van der Waals surface area contributed by atoms with E-state index in [1.165, 1.54) is 15.5 Å². The standard InChI is InChI=1S/C25H19FN4/c1-28-24-13-7-4-10-20(24)27-21-16-17(14-15-25(21)30(28)26)29-22-11-5-2-8-18(22)19-9-3-6-12-23(19)29/h2-16,27H,1H3. The molecule has 0 amide bonds. The van der Waals surface area contributed by atoms with Crippen molar-refractivity contribution in [2.24, 2.45) is 7.05 Å². The lowest BCUT2D eigenvalue weighted by Gasteiger charge is -2.09. The van der Waals surface area contributed by atoms with Crippen LogP contribution in [-0.2, 0) is 7.05 Å². The van der Waals surface area contributed by atoms with Gasteiger partial charge in [-0.1, -0.05) is 53.0 Å². The molecule has 4 nitrogen and oxygen atoms in total. The van der Waals surface area contributed by atoms with E-state index in [4.69, 9.17) is 0 Å². The summed E-state index contributed by atoms with van der Waals surface area (Å²) in [6.07, 6.45) is 0. The van der Waals surface area contributed by atoms with Crippen LogP contribution in [0.15, 0.2) is 91.0 Å². The van der Waals surface area contributed by atoms with Crippen LogP contribution < -0.4 is 0 Å². The molecule has 2 aromatic heterocycles. The van der Waals surface area contributed by atoms with Gasteiger partial charge in [-0.3, -0.25) is 4.68 Å². The number of benzene rings is 4. The summed E-state index contributed by atoms with van der Waals surface area (Å²) in [6, 6.07) is 30.3. The van der Waals surface area contributed by atoms with Crippen LogP contribution in [0.1, 0.15) is 0 Å². The molecule has 6 aromatic rings. The lowest BCUT2D eigenvalue weighted by atomic mass is 10.2. The first kappa shape index (κ1) is 16.9. The van der Waals surface area contributed by atoms with Gasteiger partial charge in [0.1, 0.15) is 5.52 Å². The highest BCUT2D eigenvalue weighted by Crippen LogP contribution is 2.32. The maximum absolute atomic E-state index is 15.2. The lowest BCUT2D eigenvalue weighted by Crippen LogP contribution is -2.03. The molecular formula is C25H19FN4. The van der Waals surface area contributed by atoms with Crippen molar-refractivity contribution in [1.29, 1.82) is 0 Å². The van der Waals surface area contributed by atoms with E-state index in [1.54, 1.807) is 7.05 Å². The number of para-hydroxylation sites is 4. The predicted octanol–water partition coefficient (Wildman–Crippen LogP) is 6.42. The average molecular weight is 394 g/mol. The Morgan fingerprint density at radius 1 is 0.633 bits per heavy atom. The van der Waals surface area contributed by atoms with Gasteiger partial charge in [0, 0.05) is 23.5 Å². The summed E-state index contributed by atoms with van der Waals surface area (Å²) in [5, 5.41) is 2.40. The van der Waals surface area contributed by atoms with Gasteiger partial charge in [-0.2, -0.15) is 0 Å². The summed E-state index contributed by atoms with van der Waals surface area (Å²) in [6.45, 7) is 0. The monoisotopic (exact) mass is 394 g/mol. The third kappa shape index (κ3) is 2.32. The van der Waals surface area contributed by atoms with Gasteiger partial charge in [-0.15, -0.1) is 4.90 Å². The Morgan fingerprint density at radius 3 is 1.93 bits per heavy atom. The van der Waals surface area contributed by atoms with Crippen molar-refractivity contribution in [3.63, 3.8) is 0 Å². The van der Waals surface area contributed by atoms with Gasteiger partial charge in [-0.05, 0) is 42.5 Å². The SMILES string of the molecule is Cn1c2ccccc2[nH]c2cc(-n3c4ccccc4c4ccccc43)ccc2n1F. The minimum atomic E-state index is 0.471. The van der Waals surface area contributed by atoms with Crippen molar-refractivity contribution in [3.05, 3.63) is 91.0 Å². The molecule has 0 saturated carbocycles. The highest BCUT2D eigenvalue weighted by molar-refractivity contribution is 6.09. The second kappa shape index (κ2) is 6.26. The van der Waals surface area contributed by atoms with Gasteiger partial charge in [-0.25, -0.2) is 0 Å². The van der Waals surface area contributed by atoms with Crippen LogP contribution in [0.5, 0.6) is 0 Å². The smallest absolute Gasteiger partial charge is 0.117 e. The van der Waals surface area contributed by atoms with E-state index in [1.807, 2.05) is 54.6 Å². The van der Waals surface area contributed by atoms with E-state index >= 15 is 4.48 Å². The molecule has 0 fully saturated rings. The number of H-pyrrole nitrogens is 1. The normalized spacial score (nSPS) is 11.7. The van der Waals surface area contributed by atoms with Crippen LogP contribution in [0.4, 0.5) is 4.48 Å². The van der Waals surface area contributed by atoms with Crippen molar-refractivity contribution in [1.82, 2.24) is 19.1 Å². The van der Waals surface area contributed by atoms with Crippen LogP contribution in [0.25, 0.3) is 49.6 Å². The lowest BCUT2D eigenvalue weighted by molar-refractivity contribution is 0.283. The van der Waals surface area contributed by atoms with E-state index < -0.39 is 0 Å². The van der Waals surface area contributed by atoms with Gasteiger partial charge >= 0.3 is 0 Å². The Kier molecular flexibility index (Phi) is 3.53. The van der Waals surface area contributed by atoms with E-state index in [-0.39, 0.29) is 0 Å². The zero-order valence-electron chi connectivity index (χ0n) is 16.4.